The first-order valence-corrected chi connectivity index (χ1v) is 33.8. The van der Waals surface area contributed by atoms with Gasteiger partial charge in [0.05, 0.1) is 0 Å². The minimum Gasteiger partial charge on any atom is -0.462 e. The number of unbranched alkanes of at least 4 members (excludes halogenated alkanes) is 41. The molecule has 0 radical (unpaired) electrons. The standard InChI is InChI=1S/C71H128O6/c1-4-7-10-13-16-19-22-25-28-31-34-35-36-38-40-43-46-49-52-55-58-61-64-70(73)76-67-68(66-75-69(72)63-60-57-54-51-48-45-42-39-33-30-27-24-21-18-15-12-9-6-3)77-71(74)65-62-59-56-53-50-47-44-41-37-32-29-26-23-20-17-14-11-8-5-2/h8,11,17,20,26,29,37,41,47,50,68H,4-7,9-10,12-16,18-19,21-25,27-28,30-36,38-40,42-46,48-49,51-67H2,1-3H3/b11-8-,20-17-,29-26-,41-37-,50-47-. The molecule has 448 valence electrons. The number of hydrogen-bond acceptors (Lipinski definition) is 6. The van der Waals surface area contributed by atoms with Crippen molar-refractivity contribution in [3.63, 3.8) is 0 Å². The average molecular weight is 1080 g/mol. The summed E-state index contributed by atoms with van der Waals surface area (Å²) in [6, 6.07) is 0. The van der Waals surface area contributed by atoms with Crippen LogP contribution in [0.4, 0.5) is 0 Å². The Morgan fingerprint density at radius 2 is 0.506 bits per heavy atom. The maximum atomic E-state index is 12.9. The van der Waals surface area contributed by atoms with Crippen LogP contribution in [-0.2, 0) is 28.6 Å². The van der Waals surface area contributed by atoms with Crippen LogP contribution >= 0.6 is 0 Å². The van der Waals surface area contributed by atoms with Gasteiger partial charge in [0.15, 0.2) is 6.10 Å². The van der Waals surface area contributed by atoms with Crippen LogP contribution in [0.2, 0.25) is 0 Å². The topological polar surface area (TPSA) is 78.9 Å². The summed E-state index contributed by atoms with van der Waals surface area (Å²) >= 11 is 0. The Kier molecular flexibility index (Phi) is 63.2. The lowest BCUT2D eigenvalue weighted by Gasteiger charge is -2.18. The first-order valence-electron chi connectivity index (χ1n) is 33.8. The van der Waals surface area contributed by atoms with Crippen molar-refractivity contribution < 1.29 is 28.6 Å². The van der Waals surface area contributed by atoms with Gasteiger partial charge in [-0.25, -0.2) is 0 Å². The number of allylic oxidation sites excluding steroid dienone is 10. The van der Waals surface area contributed by atoms with Gasteiger partial charge in [0.2, 0.25) is 0 Å². The van der Waals surface area contributed by atoms with E-state index in [1.807, 2.05) is 0 Å². The number of hydrogen-bond donors (Lipinski definition) is 0. The Morgan fingerprint density at radius 3 is 0.792 bits per heavy atom. The summed E-state index contributed by atoms with van der Waals surface area (Å²) in [5, 5.41) is 0. The summed E-state index contributed by atoms with van der Waals surface area (Å²) in [5.74, 6) is -0.891. The van der Waals surface area contributed by atoms with Crippen LogP contribution in [0.5, 0.6) is 0 Å². The maximum absolute atomic E-state index is 12.9. The fraction of sp³-hybridized carbons (Fsp3) is 0.817. The van der Waals surface area contributed by atoms with E-state index in [4.69, 9.17) is 14.2 Å². The lowest BCUT2D eigenvalue weighted by molar-refractivity contribution is -0.167. The van der Waals surface area contributed by atoms with E-state index in [1.54, 1.807) is 0 Å². The molecule has 6 heteroatoms. The number of carbonyl (C=O) groups is 3. The van der Waals surface area contributed by atoms with Gasteiger partial charge in [-0.1, -0.05) is 332 Å². The summed E-state index contributed by atoms with van der Waals surface area (Å²) in [5.41, 5.74) is 0. The normalized spacial score (nSPS) is 12.4. The Balaban J connectivity index is 4.36. The Hall–Kier alpha value is -2.89. The van der Waals surface area contributed by atoms with Gasteiger partial charge in [-0.3, -0.25) is 14.4 Å². The molecular weight excluding hydrogens is 949 g/mol. The van der Waals surface area contributed by atoms with Gasteiger partial charge in [0.25, 0.3) is 0 Å². The molecule has 0 aromatic heterocycles. The zero-order valence-electron chi connectivity index (χ0n) is 51.5. The van der Waals surface area contributed by atoms with E-state index < -0.39 is 6.10 Å². The highest BCUT2D eigenvalue weighted by molar-refractivity contribution is 5.71. The van der Waals surface area contributed by atoms with Gasteiger partial charge in [0, 0.05) is 19.3 Å². The zero-order chi connectivity index (χ0) is 55.7. The van der Waals surface area contributed by atoms with E-state index in [0.717, 1.165) is 96.3 Å². The minimum absolute atomic E-state index is 0.0829. The van der Waals surface area contributed by atoms with Crippen molar-refractivity contribution in [1.82, 2.24) is 0 Å². The second-order valence-electron chi connectivity index (χ2n) is 22.7. The third kappa shape index (κ3) is 63.8. The minimum atomic E-state index is -0.790. The number of rotatable bonds is 62. The molecule has 0 aromatic carbocycles. The second kappa shape index (κ2) is 65.6. The molecule has 0 aliphatic rings. The van der Waals surface area contributed by atoms with Gasteiger partial charge in [-0.05, 0) is 64.2 Å². The van der Waals surface area contributed by atoms with Crippen LogP contribution in [-0.4, -0.2) is 37.2 Å². The van der Waals surface area contributed by atoms with Gasteiger partial charge >= 0.3 is 17.9 Å². The Bertz CT molecular complexity index is 1380. The molecule has 0 rings (SSSR count). The highest BCUT2D eigenvalue weighted by Crippen LogP contribution is 2.18. The van der Waals surface area contributed by atoms with Crippen molar-refractivity contribution in [2.24, 2.45) is 0 Å². The Labute approximate surface area is 479 Å². The molecule has 77 heavy (non-hydrogen) atoms. The molecule has 0 heterocycles. The molecule has 0 amide bonds. The first-order chi connectivity index (χ1) is 38.0. The van der Waals surface area contributed by atoms with Gasteiger partial charge < -0.3 is 14.2 Å². The van der Waals surface area contributed by atoms with E-state index in [0.29, 0.717) is 19.3 Å². The van der Waals surface area contributed by atoms with Crippen LogP contribution in [0.15, 0.2) is 60.8 Å². The lowest BCUT2D eigenvalue weighted by atomic mass is 10.0. The van der Waals surface area contributed by atoms with Crippen LogP contribution in [0.1, 0.15) is 355 Å². The second-order valence-corrected chi connectivity index (χ2v) is 22.7. The van der Waals surface area contributed by atoms with Crippen LogP contribution in [0, 0.1) is 0 Å². The Morgan fingerprint density at radius 1 is 0.273 bits per heavy atom. The predicted molar refractivity (Wildman–Crippen MR) is 335 cm³/mol. The van der Waals surface area contributed by atoms with Crippen molar-refractivity contribution >= 4 is 17.9 Å². The molecule has 0 N–H and O–H groups in total. The first kappa shape index (κ1) is 74.1. The predicted octanol–water partition coefficient (Wildman–Crippen LogP) is 23.1. The summed E-state index contributed by atoms with van der Waals surface area (Å²) in [4.78, 5) is 38.4. The fourth-order valence-electron chi connectivity index (χ4n) is 10.0. The monoisotopic (exact) mass is 1080 g/mol. The molecule has 1 atom stereocenters. The molecule has 0 spiro atoms. The van der Waals surface area contributed by atoms with E-state index in [1.165, 1.54) is 218 Å². The smallest absolute Gasteiger partial charge is 0.306 e. The van der Waals surface area contributed by atoms with E-state index >= 15 is 0 Å². The molecule has 0 fully saturated rings. The number of carbonyl (C=O) groups excluding carboxylic acids is 3. The van der Waals surface area contributed by atoms with Gasteiger partial charge in [-0.15, -0.1) is 0 Å². The highest BCUT2D eigenvalue weighted by Gasteiger charge is 2.19. The summed E-state index contributed by atoms with van der Waals surface area (Å²) in [7, 11) is 0. The van der Waals surface area contributed by atoms with Crippen molar-refractivity contribution in [3.05, 3.63) is 60.8 Å². The SMILES string of the molecule is CC/C=C\C/C=C\C/C=C\C/C=C\C/C=C\CCCCCC(=O)OC(COC(=O)CCCCCCCCCCCCCCCCCCCC)COC(=O)CCCCCCCCCCCCCCCCCCCCCCCC. The van der Waals surface area contributed by atoms with Crippen LogP contribution in [0.3, 0.4) is 0 Å². The molecule has 0 aliphatic heterocycles. The molecule has 0 aliphatic carbocycles. The lowest BCUT2D eigenvalue weighted by Crippen LogP contribution is -2.30. The molecule has 1 unspecified atom stereocenters. The summed E-state index contributed by atoms with van der Waals surface area (Å²) < 4.78 is 17.0. The zero-order valence-corrected chi connectivity index (χ0v) is 51.5. The summed E-state index contributed by atoms with van der Waals surface area (Å²) in [6.07, 6.45) is 83.8. The quantitative estimate of drug-likeness (QED) is 0.0261. The highest BCUT2D eigenvalue weighted by atomic mass is 16.6. The van der Waals surface area contributed by atoms with Gasteiger partial charge in [0.1, 0.15) is 13.2 Å². The summed E-state index contributed by atoms with van der Waals surface area (Å²) in [6.45, 7) is 6.57. The van der Waals surface area contributed by atoms with Crippen LogP contribution in [0.25, 0.3) is 0 Å². The molecular formula is C71H128O6. The van der Waals surface area contributed by atoms with E-state index in [-0.39, 0.29) is 31.1 Å². The van der Waals surface area contributed by atoms with Crippen LogP contribution < -0.4 is 0 Å². The van der Waals surface area contributed by atoms with Crippen molar-refractivity contribution in [3.8, 4) is 0 Å². The van der Waals surface area contributed by atoms with Gasteiger partial charge in [-0.2, -0.15) is 0 Å². The maximum Gasteiger partial charge on any atom is 0.306 e. The van der Waals surface area contributed by atoms with Crippen molar-refractivity contribution in [2.75, 3.05) is 13.2 Å². The third-order valence-corrected chi connectivity index (χ3v) is 15.0. The average Bonchev–Trinajstić information content (AvgIpc) is 3.43. The largest absolute Gasteiger partial charge is 0.462 e. The molecule has 0 saturated heterocycles. The fourth-order valence-corrected chi connectivity index (χ4v) is 10.0. The van der Waals surface area contributed by atoms with E-state index in [2.05, 4.69) is 81.5 Å². The third-order valence-electron chi connectivity index (χ3n) is 15.0. The molecule has 6 nitrogen and oxygen atoms in total. The van der Waals surface area contributed by atoms with Crippen molar-refractivity contribution in [1.29, 1.82) is 0 Å². The van der Waals surface area contributed by atoms with Crippen molar-refractivity contribution in [2.45, 2.75) is 361 Å². The number of ether oxygens (including phenoxy) is 3. The van der Waals surface area contributed by atoms with E-state index in [9.17, 15) is 14.4 Å². The molecule has 0 saturated carbocycles. The molecule has 0 bridgehead atoms. The molecule has 0 aromatic rings. The number of esters is 3.